The maximum Gasteiger partial charge on any atom is 0.129 e. The molecule has 3 nitrogen and oxygen atoms in total. The molecule has 0 saturated carbocycles. The van der Waals surface area contributed by atoms with Crippen LogP contribution in [0.15, 0.2) is 12.3 Å². The van der Waals surface area contributed by atoms with Crippen LogP contribution in [0, 0.1) is 12.8 Å². The molecule has 1 heterocycles. The smallest absolute Gasteiger partial charge is 0.129 e. The highest BCUT2D eigenvalue weighted by atomic mass is 32.2. The van der Waals surface area contributed by atoms with E-state index in [1.807, 2.05) is 13.0 Å². The van der Waals surface area contributed by atoms with Gasteiger partial charge in [0.2, 0.25) is 0 Å². The zero-order valence-electron chi connectivity index (χ0n) is 10.1. The molecule has 1 atom stereocenters. The highest BCUT2D eigenvalue weighted by Gasteiger charge is 2.12. The minimum absolute atomic E-state index is 0.434. The zero-order valence-corrected chi connectivity index (χ0v) is 10.9. The Morgan fingerprint density at radius 3 is 2.75 bits per heavy atom. The summed E-state index contributed by atoms with van der Waals surface area (Å²) in [5, 5.41) is 10.00. The lowest BCUT2D eigenvalue weighted by atomic mass is 10.1. The van der Waals surface area contributed by atoms with Gasteiger partial charge in [0.15, 0.2) is 0 Å². The van der Waals surface area contributed by atoms with Crippen LogP contribution in [0.2, 0.25) is 0 Å². The third kappa shape index (κ3) is 4.02. The first kappa shape index (κ1) is 13.3. The van der Waals surface area contributed by atoms with Gasteiger partial charge in [-0.3, -0.25) is 0 Å². The minimum atomic E-state index is -0.517. The van der Waals surface area contributed by atoms with Crippen molar-refractivity contribution in [1.82, 2.24) is 4.98 Å². The molecular weight excluding hydrogens is 220 g/mol. The molecule has 0 saturated heterocycles. The highest BCUT2D eigenvalue weighted by Crippen LogP contribution is 2.23. The van der Waals surface area contributed by atoms with Crippen molar-refractivity contribution in [2.45, 2.75) is 26.9 Å². The number of thioether (sulfide) groups is 1. The molecule has 0 radical (unpaired) electrons. The number of nitrogens with two attached hydrogens (primary N) is 1. The second-order valence-corrected chi connectivity index (χ2v) is 5.51. The summed E-state index contributed by atoms with van der Waals surface area (Å²) < 4.78 is 0. The molecular formula is C12H20N2OS. The fraction of sp³-hybridized carbons (Fsp3) is 0.583. The average Bonchev–Trinajstić information content (AvgIpc) is 2.21. The maximum absolute atomic E-state index is 10.00. The lowest BCUT2D eigenvalue weighted by Gasteiger charge is -2.13. The molecule has 0 spiro atoms. The minimum Gasteiger partial charge on any atom is -0.387 e. The van der Waals surface area contributed by atoms with Crippen LogP contribution < -0.4 is 5.73 Å². The molecule has 1 rings (SSSR count). The molecule has 0 fully saturated rings. The molecule has 1 aromatic rings. The van der Waals surface area contributed by atoms with E-state index in [0.29, 0.717) is 17.5 Å². The quantitative estimate of drug-likeness (QED) is 0.829. The van der Waals surface area contributed by atoms with Crippen LogP contribution in [-0.2, 0) is 0 Å². The third-order valence-corrected chi connectivity index (χ3v) is 3.63. The molecule has 0 aliphatic heterocycles. The first-order chi connectivity index (χ1) is 7.50. The monoisotopic (exact) mass is 240 g/mol. The van der Waals surface area contributed by atoms with E-state index in [-0.39, 0.29) is 0 Å². The summed E-state index contributed by atoms with van der Waals surface area (Å²) in [6.07, 6.45) is 1.20. The number of hydrogen-bond acceptors (Lipinski definition) is 4. The summed E-state index contributed by atoms with van der Waals surface area (Å²) in [7, 11) is 0. The van der Waals surface area contributed by atoms with E-state index in [1.54, 1.807) is 18.0 Å². The van der Waals surface area contributed by atoms with Crippen LogP contribution in [-0.4, -0.2) is 21.6 Å². The van der Waals surface area contributed by atoms with Gasteiger partial charge in [0.1, 0.15) is 5.82 Å². The number of aromatic nitrogens is 1. The summed E-state index contributed by atoms with van der Waals surface area (Å²) in [4.78, 5) is 4.05. The lowest BCUT2D eigenvalue weighted by Crippen LogP contribution is -2.07. The van der Waals surface area contributed by atoms with Gasteiger partial charge in [-0.25, -0.2) is 4.98 Å². The molecule has 4 heteroatoms. The summed E-state index contributed by atoms with van der Waals surface area (Å²) in [5.41, 5.74) is 7.51. The fourth-order valence-corrected chi connectivity index (χ4v) is 2.38. The first-order valence-corrected chi connectivity index (χ1v) is 6.64. The van der Waals surface area contributed by atoms with Gasteiger partial charge in [-0.15, -0.1) is 0 Å². The Kier molecular flexibility index (Phi) is 5.09. The summed E-state index contributed by atoms with van der Waals surface area (Å²) >= 11 is 1.75. The molecule has 0 aliphatic rings. The number of nitrogens with zero attached hydrogens (tertiary/aromatic N) is 1. The molecule has 0 bridgehead atoms. The normalized spacial score (nSPS) is 13.1. The van der Waals surface area contributed by atoms with Crippen molar-refractivity contribution in [1.29, 1.82) is 0 Å². The van der Waals surface area contributed by atoms with Crippen molar-refractivity contribution in [2.24, 2.45) is 5.92 Å². The molecule has 16 heavy (non-hydrogen) atoms. The summed E-state index contributed by atoms with van der Waals surface area (Å²) in [6, 6.07) is 1.91. The van der Waals surface area contributed by atoms with Crippen molar-refractivity contribution < 1.29 is 5.11 Å². The Morgan fingerprint density at radius 1 is 1.44 bits per heavy atom. The van der Waals surface area contributed by atoms with Crippen molar-refractivity contribution in [3.63, 3.8) is 0 Å². The number of hydrogen-bond donors (Lipinski definition) is 2. The molecule has 0 amide bonds. The van der Waals surface area contributed by atoms with Crippen LogP contribution >= 0.6 is 11.8 Å². The van der Waals surface area contributed by atoms with Crippen LogP contribution in [0.4, 0.5) is 5.82 Å². The summed E-state index contributed by atoms with van der Waals surface area (Å²) in [6.45, 7) is 6.29. The van der Waals surface area contributed by atoms with Gasteiger partial charge in [-0.1, -0.05) is 13.8 Å². The van der Waals surface area contributed by atoms with E-state index < -0.39 is 6.10 Å². The molecule has 0 aliphatic carbocycles. The van der Waals surface area contributed by atoms with Gasteiger partial charge in [0.05, 0.1) is 6.10 Å². The van der Waals surface area contributed by atoms with Crippen LogP contribution in [0.1, 0.15) is 31.1 Å². The molecule has 0 aromatic carbocycles. The average molecular weight is 240 g/mol. The summed E-state index contributed by atoms with van der Waals surface area (Å²) in [5.74, 6) is 2.80. The number of pyridine rings is 1. The van der Waals surface area contributed by atoms with Crippen molar-refractivity contribution in [3.8, 4) is 0 Å². The van der Waals surface area contributed by atoms with Crippen molar-refractivity contribution in [2.75, 3.05) is 17.2 Å². The van der Waals surface area contributed by atoms with E-state index in [2.05, 4.69) is 18.8 Å². The molecule has 3 N–H and O–H groups in total. The molecule has 1 unspecified atom stereocenters. The Balaban J connectivity index is 2.58. The van der Waals surface area contributed by atoms with E-state index in [0.717, 1.165) is 16.9 Å². The van der Waals surface area contributed by atoms with Crippen LogP contribution in [0.3, 0.4) is 0 Å². The van der Waals surface area contributed by atoms with E-state index in [4.69, 9.17) is 5.73 Å². The Bertz CT molecular complexity index is 342. The second kappa shape index (κ2) is 6.11. The number of rotatable bonds is 5. The van der Waals surface area contributed by atoms with Gasteiger partial charge < -0.3 is 10.8 Å². The van der Waals surface area contributed by atoms with Gasteiger partial charge in [0.25, 0.3) is 0 Å². The Labute approximate surface area is 101 Å². The number of aliphatic hydroxyl groups excluding tert-OH is 1. The lowest BCUT2D eigenvalue weighted by molar-refractivity contribution is 0.204. The van der Waals surface area contributed by atoms with Crippen molar-refractivity contribution >= 4 is 17.6 Å². The van der Waals surface area contributed by atoms with Gasteiger partial charge in [-0.05, 0) is 30.2 Å². The number of aryl methyl sites for hydroxylation is 1. The van der Waals surface area contributed by atoms with Gasteiger partial charge in [-0.2, -0.15) is 11.8 Å². The molecule has 1 aromatic heterocycles. The maximum atomic E-state index is 10.00. The highest BCUT2D eigenvalue weighted by molar-refractivity contribution is 7.99. The Hall–Kier alpha value is -0.740. The van der Waals surface area contributed by atoms with Gasteiger partial charge in [0, 0.05) is 17.5 Å². The van der Waals surface area contributed by atoms with E-state index in [1.165, 1.54) is 0 Å². The Morgan fingerprint density at radius 2 is 2.12 bits per heavy atom. The zero-order chi connectivity index (χ0) is 12.1. The number of nitrogen functional groups attached to an aromatic ring is 1. The third-order valence-electron chi connectivity index (χ3n) is 2.17. The SMILES string of the molecule is Cc1cnc(N)c(C(O)CSCC(C)C)c1. The largest absolute Gasteiger partial charge is 0.387 e. The number of aliphatic hydroxyl groups is 1. The van der Waals surface area contributed by atoms with Crippen molar-refractivity contribution in [3.05, 3.63) is 23.4 Å². The predicted octanol–water partition coefficient (Wildman–Crippen LogP) is 2.39. The van der Waals surface area contributed by atoms with E-state index in [9.17, 15) is 5.11 Å². The molecule has 90 valence electrons. The fourth-order valence-electron chi connectivity index (χ4n) is 1.37. The van der Waals surface area contributed by atoms with Crippen LogP contribution in [0.25, 0.3) is 0 Å². The standard InChI is InChI=1S/C12H20N2OS/c1-8(2)6-16-7-11(15)10-4-9(3)5-14-12(10)13/h4-5,8,11,15H,6-7H2,1-3H3,(H2,13,14). The topological polar surface area (TPSA) is 59.1 Å². The van der Waals surface area contributed by atoms with E-state index >= 15 is 0 Å². The first-order valence-electron chi connectivity index (χ1n) is 5.48. The number of anilines is 1. The van der Waals surface area contributed by atoms with Crippen LogP contribution in [0.5, 0.6) is 0 Å². The predicted molar refractivity (Wildman–Crippen MR) is 70.5 cm³/mol. The second-order valence-electron chi connectivity index (χ2n) is 4.43. The van der Waals surface area contributed by atoms with Gasteiger partial charge >= 0.3 is 0 Å².